The SMILES string of the molecule is NS(=O)(=O)c1cccc(NC(=O)c2ccc(NC(=O)CSc3nnnn3C3CC3)cc2)c1. The zero-order valence-corrected chi connectivity index (χ0v) is 18.3. The molecule has 0 spiro atoms. The van der Waals surface area contributed by atoms with Crippen molar-refractivity contribution in [3.05, 3.63) is 54.1 Å². The Morgan fingerprint density at radius 2 is 1.84 bits per heavy atom. The van der Waals surface area contributed by atoms with Crippen LogP contribution in [0.25, 0.3) is 0 Å². The first-order valence-electron chi connectivity index (χ1n) is 9.54. The van der Waals surface area contributed by atoms with Gasteiger partial charge in [0.05, 0.1) is 16.7 Å². The summed E-state index contributed by atoms with van der Waals surface area (Å²) < 4.78 is 24.6. The van der Waals surface area contributed by atoms with Crippen molar-refractivity contribution in [3.63, 3.8) is 0 Å². The number of nitrogens with one attached hydrogen (secondary N) is 2. The Balaban J connectivity index is 1.32. The average molecular weight is 474 g/mol. The summed E-state index contributed by atoms with van der Waals surface area (Å²) in [4.78, 5) is 24.6. The molecule has 3 aromatic rings. The van der Waals surface area contributed by atoms with E-state index in [0.717, 1.165) is 12.8 Å². The molecular weight excluding hydrogens is 454 g/mol. The zero-order valence-electron chi connectivity index (χ0n) is 16.6. The van der Waals surface area contributed by atoms with E-state index in [9.17, 15) is 18.0 Å². The highest BCUT2D eigenvalue weighted by molar-refractivity contribution is 7.99. The number of benzene rings is 2. The number of carbonyl (C=O) groups is 2. The van der Waals surface area contributed by atoms with E-state index < -0.39 is 15.9 Å². The highest BCUT2D eigenvalue weighted by atomic mass is 32.2. The Morgan fingerprint density at radius 3 is 2.53 bits per heavy atom. The number of rotatable bonds is 8. The van der Waals surface area contributed by atoms with Crippen LogP contribution < -0.4 is 15.8 Å². The molecule has 11 nitrogen and oxygen atoms in total. The topological polar surface area (TPSA) is 162 Å². The van der Waals surface area contributed by atoms with Crippen molar-refractivity contribution >= 4 is 45.0 Å². The molecule has 4 rings (SSSR count). The summed E-state index contributed by atoms with van der Waals surface area (Å²) in [5.74, 6) is -0.510. The van der Waals surface area contributed by atoms with Crippen LogP contribution in [0.5, 0.6) is 0 Å². The summed E-state index contributed by atoms with van der Waals surface area (Å²) in [6.07, 6.45) is 2.09. The Labute approximate surface area is 187 Å². The minimum Gasteiger partial charge on any atom is -0.325 e. The quantitative estimate of drug-likeness (QED) is 0.416. The molecule has 1 aliphatic rings. The molecule has 0 bridgehead atoms. The van der Waals surface area contributed by atoms with Crippen molar-refractivity contribution in [1.82, 2.24) is 20.2 Å². The fourth-order valence-corrected chi connectivity index (χ4v) is 4.12. The molecule has 13 heteroatoms. The average Bonchev–Trinajstić information content (AvgIpc) is 3.50. The molecule has 1 aromatic heterocycles. The van der Waals surface area contributed by atoms with Gasteiger partial charge in [-0.05, 0) is 65.7 Å². The van der Waals surface area contributed by atoms with Crippen molar-refractivity contribution in [2.45, 2.75) is 28.9 Å². The lowest BCUT2D eigenvalue weighted by molar-refractivity contribution is -0.113. The standard InChI is InChI=1S/C19H19N7O4S2/c20-32(29,30)16-3-1-2-14(10-16)22-18(28)12-4-6-13(7-5-12)21-17(27)11-31-19-23-24-25-26(19)15-8-9-15/h1-7,10,15H,8-9,11H2,(H,21,27)(H,22,28)(H2,20,29,30). The number of thioether (sulfide) groups is 1. The van der Waals surface area contributed by atoms with Crippen molar-refractivity contribution in [2.24, 2.45) is 5.14 Å². The Hall–Kier alpha value is -3.29. The minimum atomic E-state index is -3.87. The van der Waals surface area contributed by atoms with Gasteiger partial charge in [0.25, 0.3) is 5.91 Å². The number of nitrogens with zero attached hydrogens (tertiary/aromatic N) is 4. The lowest BCUT2D eigenvalue weighted by Gasteiger charge is -2.08. The molecule has 4 N–H and O–H groups in total. The van der Waals surface area contributed by atoms with E-state index in [1.54, 1.807) is 35.0 Å². The smallest absolute Gasteiger partial charge is 0.255 e. The second-order valence-electron chi connectivity index (χ2n) is 7.08. The number of nitrogens with two attached hydrogens (primary N) is 1. The molecule has 1 fully saturated rings. The van der Waals surface area contributed by atoms with Gasteiger partial charge >= 0.3 is 0 Å². The number of hydrogen-bond donors (Lipinski definition) is 3. The molecule has 0 aliphatic heterocycles. The maximum absolute atomic E-state index is 12.4. The van der Waals surface area contributed by atoms with Crippen molar-refractivity contribution in [3.8, 4) is 0 Å². The van der Waals surface area contributed by atoms with Gasteiger partial charge in [-0.3, -0.25) is 9.59 Å². The van der Waals surface area contributed by atoms with E-state index in [2.05, 4.69) is 26.2 Å². The second-order valence-corrected chi connectivity index (χ2v) is 9.58. The molecule has 166 valence electrons. The van der Waals surface area contributed by atoms with Crippen molar-refractivity contribution in [2.75, 3.05) is 16.4 Å². The first-order valence-corrected chi connectivity index (χ1v) is 12.1. The van der Waals surface area contributed by atoms with E-state index in [1.165, 1.54) is 30.0 Å². The zero-order chi connectivity index (χ0) is 22.7. The monoisotopic (exact) mass is 473 g/mol. The summed E-state index contributed by atoms with van der Waals surface area (Å²) in [5, 5.41) is 22.6. The van der Waals surface area contributed by atoms with Crippen LogP contribution in [0.2, 0.25) is 0 Å². The largest absolute Gasteiger partial charge is 0.325 e. The van der Waals surface area contributed by atoms with Gasteiger partial charge in [-0.15, -0.1) is 5.10 Å². The molecular formula is C19H19N7O4S2. The molecule has 0 saturated heterocycles. The summed E-state index contributed by atoms with van der Waals surface area (Å²) in [6, 6.07) is 12.3. The van der Waals surface area contributed by atoms with E-state index in [1.807, 2.05) is 0 Å². The third-order valence-electron chi connectivity index (χ3n) is 4.54. The molecule has 1 heterocycles. The molecule has 0 unspecified atom stereocenters. The minimum absolute atomic E-state index is 0.0996. The number of aromatic nitrogens is 4. The van der Waals surface area contributed by atoms with Crippen LogP contribution in [-0.2, 0) is 14.8 Å². The number of tetrazole rings is 1. The second kappa shape index (κ2) is 9.06. The fourth-order valence-electron chi connectivity index (χ4n) is 2.81. The van der Waals surface area contributed by atoms with E-state index >= 15 is 0 Å². The molecule has 0 atom stereocenters. The van der Waals surface area contributed by atoms with Crippen LogP contribution in [0.3, 0.4) is 0 Å². The van der Waals surface area contributed by atoms with Crippen LogP contribution >= 0.6 is 11.8 Å². The highest BCUT2D eigenvalue weighted by Gasteiger charge is 2.28. The van der Waals surface area contributed by atoms with Gasteiger partial charge in [0.1, 0.15) is 0 Å². The maximum atomic E-state index is 12.4. The van der Waals surface area contributed by atoms with Crippen LogP contribution in [-0.4, -0.2) is 46.2 Å². The van der Waals surface area contributed by atoms with E-state index in [0.29, 0.717) is 28.1 Å². The third-order valence-corrected chi connectivity index (χ3v) is 6.38. The lowest BCUT2D eigenvalue weighted by Crippen LogP contribution is -2.16. The van der Waals surface area contributed by atoms with Gasteiger partial charge in [0, 0.05) is 16.9 Å². The van der Waals surface area contributed by atoms with Gasteiger partial charge in [-0.1, -0.05) is 17.8 Å². The highest BCUT2D eigenvalue weighted by Crippen LogP contribution is 2.36. The Bertz CT molecular complexity index is 1250. The lowest BCUT2D eigenvalue weighted by atomic mass is 10.2. The van der Waals surface area contributed by atoms with Crippen LogP contribution in [0.1, 0.15) is 29.2 Å². The van der Waals surface area contributed by atoms with Gasteiger partial charge in [0.15, 0.2) is 0 Å². The Kier molecular flexibility index (Phi) is 6.21. The first kappa shape index (κ1) is 21.9. The van der Waals surface area contributed by atoms with E-state index in [4.69, 9.17) is 5.14 Å². The molecule has 2 aromatic carbocycles. The number of sulfonamides is 1. The molecule has 1 saturated carbocycles. The fraction of sp³-hybridized carbons (Fsp3) is 0.211. The number of carbonyl (C=O) groups excluding carboxylic acids is 2. The number of hydrogen-bond acceptors (Lipinski definition) is 8. The maximum Gasteiger partial charge on any atom is 0.255 e. The Morgan fingerprint density at radius 1 is 1.09 bits per heavy atom. The van der Waals surface area contributed by atoms with Crippen LogP contribution in [0, 0.1) is 0 Å². The van der Waals surface area contributed by atoms with Gasteiger partial charge in [-0.25, -0.2) is 18.2 Å². The summed E-state index contributed by atoms with van der Waals surface area (Å²) in [6.45, 7) is 0. The molecule has 0 radical (unpaired) electrons. The first-order chi connectivity index (χ1) is 15.3. The van der Waals surface area contributed by atoms with Gasteiger partial charge < -0.3 is 10.6 Å². The predicted octanol–water partition coefficient (Wildman–Crippen LogP) is 1.64. The van der Waals surface area contributed by atoms with Crippen LogP contribution in [0.15, 0.2) is 58.6 Å². The van der Waals surface area contributed by atoms with Crippen molar-refractivity contribution in [1.29, 1.82) is 0 Å². The third kappa shape index (κ3) is 5.49. The summed E-state index contributed by atoms with van der Waals surface area (Å²) >= 11 is 1.26. The number of anilines is 2. The predicted molar refractivity (Wildman–Crippen MR) is 118 cm³/mol. The summed E-state index contributed by atoms with van der Waals surface area (Å²) in [7, 11) is -3.87. The van der Waals surface area contributed by atoms with Gasteiger partial charge in [-0.2, -0.15) is 0 Å². The summed E-state index contributed by atoms with van der Waals surface area (Å²) in [5.41, 5.74) is 1.16. The van der Waals surface area contributed by atoms with Crippen LogP contribution in [0.4, 0.5) is 11.4 Å². The molecule has 1 aliphatic carbocycles. The molecule has 32 heavy (non-hydrogen) atoms. The van der Waals surface area contributed by atoms with Gasteiger partial charge in [0.2, 0.25) is 21.1 Å². The normalized spacial score (nSPS) is 13.5. The van der Waals surface area contributed by atoms with Crippen molar-refractivity contribution < 1.29 is 18.0 Å². The molecule has 2 amide bonds. The van der Waals surface area contributed by atoms with E-state index in [-0.39, 0.29) is 16.6 Å². The number of primary sulfonamides is 1. The number of amides is 2.